The molecule has 0 bridgehead atoms. The SMILES string of the molecule is Cc1ccc(Cc2nnc(NC(=O)N(C)CC(C)C(=O)O)s2)cc1. The molecule has 0 saturated heterocycles. The number of aromatic nitrogens is 2. The molecule has 1 aromatic heterocycles. The number of benzene rings is 1. The predicted molar refractivity (Wildman–Crippen MR) is 92.3 cm³/mol. The number of nitrogens with one attached hydrogen (secondary N) is 1. The highest BCUT2D eigenvalue weighted by Crippen LogP contribution is 2.19. The van der Waals surface area contributed by atoms with Gasteiger partial charge in [0.2, 0.25) is 5.13 Å². The van der Waals surface area contributed by atoms with Crippen LogP contribution in [0.1, 0.15) is 23.1 Å². The number of hydrogen-bond acceptors (Lipinski definition) is 5. The summed E-state index contributed by atoms with van der Waals surface area (Å²) in [5.41, 5.74) is 2.32. The molecule has 128 valence electrons. The lowest BCUT2D eigenvalue weighted by Gasteiger charge is -2.18. The molecular weight excluding hydrogens is 328 g/mol. The summed E-state index contributed by atoms with van der Waals surface area (Å²) in [6.07, 6.45) is 0.652. The average molecular weight is 348 g/mol. The minimum Gasteiger partial charge on any atom is -0.481 e. The third-order valence-electron chi connectivity index (χ3n) is 3.47. The van der Waals surface area contributed by atoms with Gasteiger partial charge in [0.1, 0.15) is 5.01 Å². The van der Waals surface area contributed by atoms with Crippen LogP contribution in [-0.4, -0.2) is 45.8 Å². The van der Waals surface area contributed by atoms with Gasteiger partial charge in [-0.1, -0.05) is 48.1 Å². The lowest BCUT2D eigenvalue weighted by atomic mass is 10.1. The topological polar surface area (TPSA) is 95.4 Å². The van der Waals surface area contributed by atoms with Gasteiger partial charge in [-0.3, -0.25) is 10.1 Å². The van der Waals surface area contributed by atoms with Crippen LogP contribution < -0.4 is 5.32 Å². The van der Waals surface area contributed by atoms with Crippen LogP contribution >= 0.6 is 11.3 Å². The zero-order valence-corrected chi connectivity index (χ0v) is 14.6. The van der Waals surface area contributed by atoms with Crippen LogP contribution in [0.3, 0.4) is 0 Å². The number of carbonyl (C=O) groups is 2. The summed E-state index contributed by atoms with van der Waals surface area (Å²) >= 11 is 1.31. The van der Waals surface area contributed by atoms with E-state index < -0.39 is 17.9 Å². The van der Waals surface area contributed by atoms with Gasteiger partial charge in [0, 0.05) is 20.0 Å². The third-order valence-corrected chi connectivity index (χ3v) is 4.31. The van der Waals surface area contributed by atoms with Gasteiger partial charge in [-0.2, -0.15) is 0 Å². The van der Waals surface area contributed by atoms with Crippen molar-refractivity contribution in [3.63, 3.8) is 0 Å². The highest BCUT2D eigenvalue weighted by Gasteiger charge is 2.18. The van der Waals surface area contributed by atoms with Crippen molar-refractivity contribution in [1.82, 2.24) is 15.1 Å². The zero-order valence-electron chi connectivity index (χ0n) is 13.8. The molecule has 1 aromatic carbocycles. The molecule has 2 aromatic rings. The summed E-state index contributed by atoms with van der Waals surface area (Å²) in [6, 6.07) is 7.75. The second-order valence-electron chi connectivity index (χ2n) is 5.71. The smallest absolute Gasteiger partial charge is 0.323 e. The van der Waals surface area contributed by atoms with Crippen molar-refractivity contribution in [3.05, 3.63) is 40.4 Å². The van der Waals surface area contributed by atoms with Crippen LogP contribution in [0.25, 0.3) is 0 Å². The van der Waals surface area contributed by atoms with Crippen molar-refractivity contribution >= 4 is 28.5 Å². The van der Waals surface area contributed by atoms with E-state index in [1.807, 2.05) is 31.2 Å². The zero-order chi connectivity index (χ0) is 17.7. The van der Waals surface area contributed by atoms with Crippen LogP contribution in [0.2, 0.25) is 0 Å². The number of aliphatic carboxylic acids is 1. The molecule has 2 N–H and O–H groups in total. The highest BCUT2D eigenvalue weighted by molar-refractivity contribution is 7.15. The van der Waals surface area contributed by atoms with E-state index in [2.05, 4.69) is 15.5 Å². The molecular formula is C16H20N4O3S. The van der Waals surface area contributed by atoms with Gasteiger partial charge in [0.15, 0.2) is 0 Å². The molecule has 2 rings (SSSR count). The van der Waals surface area contributed by atoms with Gasteiger partial charge in [-0.05, 0) is 12.5 Å². The maximum Gasteiger partial charge on any atom is 0.323 e. The Morgan fingerprint density at radius 1 is 1.29 bits per heavy atom. The maximum atomic E-state index is 12.0. The van der Waals surface area contributed by atoms with Crippen molar-refractivity contribution in [2.24, 2.45) is 5.92 Å². The van der Waals surface area contributed by atoms with Crippen LogP contribution in [0.5, 0.6) is 0 Å². The minimum absolute atomic E-state index is 0.121. The number of amides is 2. The van der Waals surface area contributed by atoms with Crippen LogP contribution in [-0.2, 0) is 11.2 Å². The standard InChI is InChI=1S/C16H20N4O3S/c1-10-4-6-12(7-5-10)8-13-18-19-15(24-13)17-16(23)20(3)9-11(2)14(21)22/h4-7,11H,8-9H2,1-3H3,(H,21,22)(H,17,19,23). The van der Waals surface area contributed by atoms with Crippen LogP contribution in [0.4, 0.5) is 9.93 Å². The Morgan fingerprint density at radius 3 is 2.58 bits per heavy atom. The van der Waals surface area contributed by atoms with E-state index in [1.54, 1.807) is 14.0 Å². The molecule has 0 aliphatic carbocycles. The molecule has 1 heterocycles. The number of carboxylic acids is 1. The Morgan fingerprint density at radius 2 is 1.96 bits per heavy atom. The Bertz CT molecular complexity index is 714. The van der Waals surface area contributed by atoms with Gasteiger partial charge >= 0.3 is 12.0 Å². The monoisotopic (exact) mass is 348 g/mol. The molecule has 0 saturated carbocycles. The molecule has 0 spiro atoms. The lowest BCUT2D eigenvalue weighted by molar-refractivity contribution is -0.141. The number of urea groups is 1. The van der Waals surface area contributed by atoms with E-state index in [0.717, 1.165) is 10.6 Å². The molecule has 0 radical (unpaired) electrons. The Kier molecular flexibility index (Phi) is 5.86. The summed E-state index contributed by atoms with van der Waals surface area (Å²) in [6.45, 7) is 3.71. The summed E-state index contributed by atoms with van der Waals surface area (Å²) in [5.74, 6) is -1.57. The fraction of sp³-hybridized carbons (Fsp3) is 0.375. The van der Waals surface area contributed by atoms with E-state index in [-0.39, 0.29) is 6.54 Å². The molecule has 2 amide bonds. The normalized spacial score (nSPS) is 11.8. The molecule has 1 unspecified atom stereocenters. The summed E-state index contributed by atoms with van der Waals surface area (Å²) < 4.78 is 0. The third kappa shape index (κ3) is 5.02. The molecule has 7 nitrogen and oxygen atoms in total. The van der Waals surface area contributed by atoms with E-state index >= 15 is 0 Å². The highest BCUT2D eigenvalue weighted by atomic mass is 32.1. The number of hydrogen-bond donors (Lipinski definition) is 2. The first-order chi connectivity index (χ1) is 11.3. The van der Waals surface area contributed by atoms with Crippen LogP contribution in [0.15, 0.2) is 24.3 Å². The molecule has 8 heteroatoms. The Labute approximate surface area is 144 Å². The summed E-state index contributed by atoms with van der Waals surface area (Å²) in [5, 5.41) is 20.8. The number of aryl methyl sites for hydroxylation is 1. The molecule has 0 aliphatic heterocycles. The van der Waals surface area contributed by atoms with Crippen LogP contribution in [0, 0.1) is 12.8 Å². The van der Waals surface area contributed by atoms with E-state index in [1.165, 1.54) is 21.8 Å². The van der Waals surface area contributed by atoms with Gasteiger partial charge in [-0.15, -0.1) is 10.2 Å². The van der Waals surface area contributed by atoms with Gasteiger partial charge in [0.05, 0.1) is 5.92 Å². The van der Waals surface area contributed by atoms with Crippen molar-refractivity contribution in [1.29, 1.82) is 0 Å². The number of carboxylic acid groups (broad SMARTS) is 1. The van der Waals surface area contributed by atoms with Gasteiger partial charge < -0.3 is 10.0 Å². The lowest BCUT2D eigenvalue weighted by Crippen LogP contribution is -2.36. The predicted octanol–water partition coefficient (Wildman–Crippen LogP) is 2.62. The fourth-order valence-electron chi connectivity index (χ4n) is 2.01. The summed E-state index contributed by atoms with van der Waals surface area (Å²) in [7, 11) is 1.54. The number of rotatable bonds is 6. The number of carbonyl (C=O) groups excluding carboxylic acids is 1. The van der Waals surface area contributed by atoms with E-state index in [9.17, 15) is 9.59 Å². The van der Waals surface area contributed by atoms with Crippen molar-refractivity contribution in [2.45, 2.75) is 20.3 Å². The first-order valence-electron chi connectivity index (χ1n) is 7.48. The Hall–Kier alpha value is -2.48. The fourth-order valence-corrected chi connectivity index (χ4v) is 2.78. The van der Waals surface area contributed by atoms with E-state index in [0.29, 0.717) is 11.6 Å². The van der Waals surface area contributed by atoms with Gasteiger partial charge in [-0.25, -0.2) is 4.79 Å². The average Bonchev–Trinajstić information content (AvgIpc) is 2.96. The Balaban J connectivity index is 1.92. The number of anilines is 1. The second-order valence-corrected chi connectivity index (χ2v) is 6.78. The number of nitrogens with zero attached hydrogens (tertiary/aromatic N) is 3. The first kappa shape index (κ1) is 17.9. The first-order valence-corrected chi connectivity index (χ1v) is 8.29. The molecule has 1 atom stereocenters. The van der Waals surface area contributed by atoms with Crippen molar-refractivity contribution < 1.29 is 14.7 Å². The molecule has 0 aliphatic rings. The summed E-state index contributed by atoms with van der Waals surface area (Å²) in [4.78, 5) is 24.2. The quantitative estimate of drug-likeness (QED) is 0.837. The molecule has 0 fully saturated rings. The van der Waals surface area contributed by atoms with Crippen molar-refractivity contribution in [3.8, 4) is 0 Å². The molecule has 24 heavy (non-hydrogen) atoms. The van der Waals surface area contributed by atoms with E-state index in [4.69, 9.17) is 5.11 Å². The van der Waals surface area contributed by atoms with Crippen molar-refractivity contribution in [2.75, 3.05) is 18.9 Å². The van der Waals surface area contributed by atoms with Gasteiger partial charge in [0.25, 0.3) is 0 Å². The second kappa shape index (κ2) is 7.87. The largest absolute Gasteiger partial charge is 0.481 e. The maximum absolute atomic E-state index is 12.0. The minimum atomic E-state index is -0.939.